The minimum Gasteiger partial charge on any atom is -0.337 e. The van der Waals surface area contributed by atoms with Crippen LogP contribution in [-0.2, 0) is 24.9 Å². The third kappa shape index (κ3) is 3.31. The summed E-state index contributed by atoms with van der Waals surface area (Å²) in [5, 5.41) is 4.22. The smallest absolute Gasteiger partial charge is 0.240 e. The average molecular weight is 342 g/mol. The Morgan fingerprint density at radius 1 is 1.28 bits per heavy atom. The monoisotopic (exact) mass is 342 g/mol. The van der Waals surface area contributed by atoms with Crippen LogP contribution in [0.15, 0.2) is 36.5 Å². The van der Waals surface area contributed by atoms with Crippen molar-refractivity contribution in [2.45, 2.75) is 32.0 Å². The van der Waals surface area contributed by atoms with Crippen molar-refractivity contribution >= 4 is 5.91 Å². The molecule has 2 atom stereocenters. The topological polar surface area (TPSA) is 41.4 Å². The number of hydrogen-bond acceptors (Lipinski definition) is 3. The summed E-state index contributed by atoms with van der Waals surface area (Å²) >= 11 is 0. The van der Waals surface area contributed by atoms with E-state index >= 15 is 0 Å². The highest BCUT2D eigenvalue weighted by Gasteiger charge is 2.41. The first-order chi connectivity index (χ1) is 12.1. The first kappa shape index (κ1) is 16.3. The molecule has 1 aromatic heterocycles. The molecule has 2 aliphatic heterocycles. The number of benzene rings is 1. The predicted molar refractivity (Wildman–Crippen MR) is 91.9 cm³/mol. The Bertz CT molecular complexity index is 774. The van der Waals surface area contributed by atoms with Crippen molar-refractivity contribution in [1.82, 2.24) is 19.6 Å². The summed E-state index contributed by atoms with van der Waals surface area (Å²) < 4.78 is 15.3. The van der Waals surface area contributed by atoms with Gasteiger partial charge < -0.3 is 4.90 Å². The molecule has 0 unspecified atom stereocenters. The van der Waals surface area contributed by atoms with Gasteiger partial charge in [0.05, 0.1) is 11.7 Å². The molecule has 2 fully saturated rings. The van der Waals surface area contributed by atoms with E-state index in [0.29, 0.717) is 12.5 Å². The van der Waals surface area contributed by atoms with Crippen LogP contribution in [0.5, 0.6) is 0 Å². The predicted octanol–water partition coefficient (Wildman–Crippen LogP) is 2.18. The molecule has 3 heterocycles. The lowest BCUT2D eigenvalue weighted by atomic mass is 9.85. The number of nitrogens with zero attached hydrogens (tertiary/aromatic N) is 4. The van der Waals surface area contributed by atoms with E-state index in [-0.39, 0.29) is 17.8 Å². The molecule has 25 heavy (non-hydrogen) atoms. The summed E-state index contributed by atoms with van der Waals surface area (Å²) in [5.41, 5.74) is 1.97. The zero-order chi connectivity index (χ0) is 17.4. The van der Waals surface area contributed by atoms with Gasteiger partial charge in [0, 0.05) is 32.9 Å². The Hall–Kier alpha value is -2.21. The molecule has 0 spiro atoms. The summed E-state index contributed by atoms with van der Waals surface area (Å²) in [6.45, 7) is 2.96. The molecule has 1 amide bonds. The SMILES string of the molecule is Cn1nccc1CN1CC[C@H]2C[C@@H]1C(=O)N(Cc1cccc(F)c1)C2. The molecule has 0 saturated carbocycles. The van der Waals surface area contributed by atoms with Crippen LogP contribution in [0, 0.1) is 11.7 Å². The van der Waals surface area contributed by atoms with Crippen molar-refractivity contribution in [2.24, 2.45) is 13.0 Å². The van der Waals surface area contributed by atoms with E-state index in [4.69, 9.17) is 0 Å². The Balaban J connectivity index is 1.50. The quantitative estimate of drug-likeness (QED) is 0.855. The highest BCUT2D eigenvalue weighted by molar-refractivity contribution is 5.83. The molecule has 0 N–H and O–H groups in total. The second kappa shape index (κ2) is 6.59. The molecular weight excluding hydrogens is 319 g/mol. The van der Waals surface area contributed by atoms with E-state index in [1.54, 1.807) is 12.3 Å². The molecule has 1 aromatic carbocycles. The van der Waals surface area contributed by atoms with Crippen LogP contribution in [0.25, 0.3) is 0 Å². The minimum atomic E-state index is -0.250. The van der Waals surface area contributed by atoms with Crippen molar-refractivity contribution < 1.29 is 9.18 Å². The number of halogens is 1. The lowest BCUT2D eigenvalue weighted by molar-refractivity contribution is -0.146. The second-order valence-corrected chi connectivity index (χ2v) is 7.17. The summed E-state index contributed by atoms with van der Waals surface area (Å²) in [6.07, 6.45) is 3.82. The molecule has 2 bridgehead atoms. The van der Waals surface area contributed by atoms with Crippen LogP contribution in [0.3, 0.4) is 0 Å². The third-order valence-corrected chi connectivity index (χ3v) is 5.45. The Kier molecular flexibility index (Phi) is 4.29. The highest BCUT2D eigenvalue weighted by atomic mass is 19.1. The molecule has 0 aliphatic carbocycles. The number of rotatable bonds is 4. The summed E-state index contributed by atoms with van der Waals surface area (Å²) in [4.78, 5) is 17.2. The van der Waals surface area contributed by atoms with E-state index in [0.717, 1.165) is 43.7 Å². The lowest BCUT2D eigenvalue weighted by Gasteiger charge is -2.46. The van der Waals surface area contributed by atoms with Crippen molar-refractivity contribution in [2.75, 3.05) is 13.1 Å². The van der Waals surface area contributed by atoms with E-state index in [1.807, 2.05) is 28.8 Å². The van der Waals surface area contributed by atoms with Gasteiger partial charge in [-0.25, -0.2) is 4.39 Å². The number of aromatic nitrogens is 2. The molecule has 0 radical (unpaired) electrons. The first-order valence-corrected chi connectivity index (χ1v) is 8.84. The zero-order valence-corrected chi connectivity index (χ0v) is 14.4. The number of carbonyl (C=O) groups excluding carboxylic acids is 1. The van der Waals surface area contributed by atoms with Gasteiger partial charge >= 0.3 is 0 Å². The van der Waals surface area contributed by atoms with Gasteiger partial charge in [-0.1, -0.05) is 12.1 Å². The van der Waals surface area contributed by atoms with Crippen molar-refractivity contribution in [1.29, 1.82) is 0 Å². The number of fused-ring (bicyclic) bond motifs is 2. The second-order valence-electron chi connectivity index (χ2n) is 7.17. The van der Waals surface area contributed by atoms with Crippen molar-refractivity contribution in [3.8, 4) is 0 Å². The van der Waals surface area contributed by atoms with Gasteiger partial charge in [0.25, 0.3) is 0 Å². The Morgan fingerprint density at radius 3 is 2.92 bits per heavy atom. The Labute approximate surface area is 147 Å². The van der Waals surface area contributed by atoms with E-state index < -0.39 is 0 Å². The van der Waals surface area contributed by atoms with E-state index in [9.17, 15) is 9.18 Å². The normalized spacial score (nSPS) is 23.9. The van der Waals surface area contributed by atoms with Crippen LogP contribution in [0.2, 0.25) is 0 Å². The first-order valence-electron chi connectivity index (χ1n) is 8.84. The van der Waals surface area contributed by atoms with Gasteiger partial charge in [-0.15, -0.1) is 0 Å². The number of carbonyl (C=O) groups is 1. The van der Waals surface area contributed by atoms with Crippen molar-refractivity contribution in [3.05, 3.63) is 53.6 Å². The molecule has 2 aromatic rings. The largest absolute Gasteiger partial charge is 0.337 e. The fraction of sp³-hybridized carbons (Fsp3) is 0.474. The van der Waals surface area contributed by atoms with E-state index in [1.165, 1.54) is 12.1 Å². The van der Waals surface area contributed by atoms with Crippen LogP contribution in [0.1, 0.15) is 24.1 Å². The maximum atomic E-state index is 13.4. The molecule has 2 saturated heterocycles. The summed E-state index contributed by atoms with van der Waals surface area (Å²) in [5.74, 6) is 0.460. The zero-order valence-electron chi connectivity index (χ0n) is 14.4. The third-order valence-electron chi connectivity index (χ3n) is 5.45. The van der Waals surface area contributed by atoms with Gasteiger partial charge in [0.15, 0.2) is 0 Å². The number of likely N-dealkylation sites (tertiary alicyclic amines) is 2. The fourth-order valence-corrected chi connectivity index (χ4v) is 4.07. The maximum absolute atomic E-state index is 13.4. The maximum Gasteiger partial charge on any atom is 0.240 e. The molecule has 5 nitrogen and oxygen atoms in total. The van der Waals surface area contributed by atoms with E-state index in [2.05, 4.69) is 10.00 Å². The van der Waals surface area contributed by atoms with Gasteiger partial charge in [0.1, 0.15) is 5.82 Å². The highest BCUT2D eigenvalue weighted by Crippen LogP contribution is 2.31. The van der Waals surface area contributed by atoms with Gasteiger partial charge in [-0.05, 0) is 49.1 Å². The number of piperidine rings is 2. The standard InChI is InChI=1S/C19H23FN4O/c1-22-17(5-7-21-22)13-23-8-6-15-10-18(23)19(25)24(12-15)11-14-3-2-4-16(20)9-14/h2-5,7,9,15,18H,6,8,10-13H2,1H3/t15-,18+/m0/s1. The molecule has 132 valence electrons. The van der Waals surface area contributed by atoms with Gasteiger partial charge in [0.2, 0.25) is 5.91 Å². The molecular formula is C19H23FN4O. The van der Waals surface area contributed by atoms with Crippen LogP contribution in [-0.4, -0.2) is 44.6 Å². The molecule has 6 heteroatoms. The van der Waals surface area contributed by atoms with Crippen LogP contribution < -0.4 is 0 Å². The van der Waals surface area contributed by atoms with Crippen LogP contribution in [0.4, 0.5) is 4.39 Å². The lowest BCUT2D eigenvalue weighted by Crippen LogP contribution is -2.58. The fourth-order valence-electron chi connectivity index (χ4n) is 4.07. The van der Waals surface area contributed by atoms with Gasteiger partial charge in [-0.3, -0.25) is 14.4 Å². The summed E-state index contributed by atoms with van der Waals surface area (Å²) in [6, 6.07) is 8.47. The molecule has 2 aliphatic rings. The molecule has 4 rings (SSSR count). The minimum absolute atomic E-state index is 0.0732. The number of amides is 1. The van der Waals surface area contributed by atoms with Gasteiger partial charge in [-0.2, -0.15) is 5.10 Å². The number of aryl methyl sites for hydroxylation is 1. The summed E-state index contributed by atoms with van der Waals surface area (Å²) in [7, 11) is 1.93. The number of hydrogen-bond donors (Lipinski definition) is 0. The van der Waals surface area contributed by atoms with Crippen LogP contribution >= 0.6 is 0 Å². The van der Waals surface area contributed by atoms with Crippen molar-refractivity contribution in [3.63, 3.8) is 0 Å². The average Bonchev–Trinajstić information content (AvgIpc) is 2.99. The Morgan fingerprint density at radius 2 is 2.16 bits per heavy atom.